The fourth-order valence-corrected chi connectivity index (χ4v) is 2.59. The van der Waals surface area contributed by atoms with Crippen molar-refractivity contribution >= 4 is 23.2 Å². The lowest BCUT2D eigenvalue weighted by atomic mass is 10.2. The third-order valence-electron chi connectivity index (χ3n) is 3.81. The molecule has 0 aliphatic heterocycles. The molecular formula is C20H17ClFN3O. The summed E-state index contributed by atoms with van der Waals surface area (Å²) in [5.41, 5.74) is 2.93. The maximum absolute atomic E-state index is 12.9. The molecule has 3 aromatic rings. The van der Waals surface area contributed by atoms with Crippen LogP contribution in [0.2, 0.25) is 5.02 Å². The second-order valence-corrected chi connectivity index (χ2v) is 6.12. The predicted octanol–water partition coefficient (Wildman–Crippen LogP) is 4.42. The molecule has 6 heteroatoms. The van der Waals surface area contributed by atoms with Crippen LogP contribution in [0, 0.1) is 5.82 Å². The van der Waals surface area contributed by atoms with E-state index < -0.39 is 0 Å². The molecule has 0 spiro atoms. The van der Waals surface area contributed by atoms with Crippen LogP contribution >= 0.6 is 11.6 Å². The van der Waals surface area contributed by atoms with Gasteiger partial charge in [0.2, 0.25) is 0 Å². The van der Waals surface area contributed by atoms with E-state index in [1.54, 1.807) is 30.5 Å². The molecule has 0 unspecified atom stereocenters. The van der Waals surface area contributed by atoms with Gasteiger partial charge in [0.25, 0.3) is 5.91 Å². The fraction of sp³-hybridized carbons (Fsp3) is 0.100. The SMILES string of the molecule is O=C(NCc1ccccc1Cl)c1cncc(NCc2ccc(F)cc2)c1. The summed E-state index contributed by atoms with van der Waals surface area (Å²) in [6.45, 7) is 0.846. The van der Waals surface area contributed by atoms with E-state index in [9.17, 15) is 9.18 Å². The minimum absolute atomic E-state index is 0.233. The highest BCUT2D eigenvalue weighted by molar-refractivity contribution is 6.31. The molecule has 0 saturated heterocycles. The predicted molar refractivity (Wildman–Crippen MR) is 101 cm³/mol. The number of benzene rings is 2. The number of carbonyl (C=O) groups excluding carboxylic acids is 1. The van der Waals surface area contributed by atoms with Crippen LogP contribution in [-0.2, 0) is 13.1 Å². The van der Waals surface area contributed by atoms with Crippen molar-refractivity contribution in [3.8, 4) is 0 Å². The van der Waals surface area contributed by atoms with Gasteiger partial charge in [0.15, 0.2) is 0 Å². The zero-order valence-corrected chi connectivity index (χ0v) is 14.6. The molecule has 132 valence electrons. The smallest absolute Gasteiger partial charge is 0.253 e. The molecule has 2 N–H and O–H groups in total. The van der Waals surface area contributed by atoms with E-state index in [4.69, 9.17) is 11.6 Å². The molecule has 1 amide bonds. The van der Waals surface area contributed by atoms with Gasteiger partial charge in [-0.15, -0.1) is 0 Å². The quantitative estimate of drug-likeness (QED) is 0.676. The second-order valence-electron chi connectivity index (χ2n) is 5.72. The highest BCUT2D eigenvalue weighted by Gasteiger charge is 2.08. The number of amides is 1. The van der Waals surface area contributed by atoms with Gasteiger partial charge in [-0.25, -0.2) is 4.39 Å². The number of hydrogen-bond donors (Lipinski definition) is 2. The summed E-state index contributed by atoms with van der Waals surface area (Å²) >= 11 is 6.09. The van der Waals surface area contributed by atoms with Gasteiger partial charge in [-0.3, -0.25) is 9.78 Å². The fourth-order valence-electron chi connectivity index (χ4n) is 2.39. The zero-order chi connectivity index (χ0) is 18.4. The van der Waals surface area contributed by atoms with Gasteiger partial charge < -0.3 is 10.6 Å². The summed E-state index contributed by atoms with van der Waals surface area (Å²) in [6, 6.07) is 15.3. The van der Waals surface area contributed by atoms with E-state index in [2.05, 4.69) is 15.6 Å². The topological polar surface area (TPSA) is 54.0 Å². The number of aromatic nitrogens is 1. The van der Waals surface area contributed by atoms with Crippen LogP contribution in [0.25, 0.3) is 0 Å². The molecule has 3 rings (SSSR count). The Morgan fingerprint density at radius 2 is 1.81 bits per heavy atom. The zero-order valence-electron chi connectivity index (χ0n) is 13.9. The summed E-state index contributed by atoms with van der Waals surface area (Å²) in [5.74, 6) is -0.504. The number of anilines is 1. The van der Waals surface area contributed by atoms with E-state index in [1.165, 1.54) is 18.3 Å². The molecule has 0 fully saturated rings. The van der Waals surface area contributed by atoms with Crippen molar-refractivity contribution < 1.29 is 9.18 Å². The molecule has 1 aromatic heterocycles. The van der Waals surface area contributed by atoms with E-state index >= 15 is 0 Å². The molecule has 0 bridgehead atoms. The minimum Gasteiger partial charge on any atom is -0.380 e. The Kier molecular flexibility index (Phi) is 5.81. The summed E-state index contributed by atoms with van der Waals surface area (Å²) in [5, 5.41) is 6.61. The molecule has 0 aliphatic carbocycles. The van der Waals surface area contributed by atoms with E-state index in [-0.39, 0.29) is 11.7 Å². The molecule has 0 saturated carbocycles. The summed E-state index contributed by atoms with van der Waals surface area (Å²) in [6.07, 6.45) is 3.14. The summed E-state index contributed by atoms with van der Waals surface area (Å²) in [7, 11) is 0. The van der Waals surface area contributed by atoms with Crippen molar-refractivity contribution in [2.75, 3.05) is 5.32 Å². The Balaban J connectivity index is 1.60. The first-order valence-electron chi connectivity index (χ1n) is 8.07. The Hall–Kier alpha value is -2.92. The van der Waals surface area contributed by atoms with Gasteiger partial charge in [0.05, 0.1) is 11.3 Å². The number of halogens is 2. The molecule has 2 aromatic carbocycles. The minimum atomic E-state index is -0.271. The van der Waals surface area contributed by atoms with Gasteiger partial charge in [-0.05, 0) is 35.4 Å². The Morgan fingerprint density at radius 3 is 2.58 bits per heavy atom. The Morgan fingerprint density at radius 1 is 1.04 bits per heavy atom. The lowest BCUT2D eigenvalue weighted by molar-refractivity contribution is 0.0950. The van der Waals surface area contributed by atoms with Crippen molar-refractivity contribution in [2.24, 2.45) is 0 Å². The first kappa shape index (κ1) is 17.9. The highest BCUT2D eigenvalue weighted by Crippen LogP contribution is 2.15. The van der Waals surface area contributed by atoms with Crippen LogP contribution in [0.1, 0.15) is 21.5 Å². The van der Waals surface area contributed by atoms with Gasteiger partial charge in [0, 0.05) is 30.5 Å². The van der Waals surface area contributed by atoms with Crippen molar-refractivity contribution in [3.05, 3.63) is 94.5 Å². The number of rotatable bonds is 6. The third kappa shape index (κ3) is 4.80. The first-order valence-corrected chi connectivity index (χ1v) is 8.44. The van der Waals surface area contributed by atoms with Gasteiger partial charge in [-0.1, -0.05) is 41.9 Å². The summed E-state index contributed by atoms with van der Waals surface area (Å²) in [4.78, 5) is 16.4. The number of hydrogen-bond acceptors (Lipinski definition) is 3. The Bertz CT molecular complexity index is 900. The van der Waals surface area contributed by atoms with Crippen LogP contribution in [0.5, 0.6) is 0 Å². The lowest BCUT2D eigenvalue weighted by Gasteiger charge is -2.09. The van der Waals surface area contributed by atoms with E-state index in [1.807, 2.05) is 18.2 Å². The molecule has 1 heterocycles. The average molecular weight is 370 g/mol. The van der Waals surface area contributed by atoms with Crippen molar-refractivity contribution in [2.45, 2.75) is 13.1 Å². The molecule has 0 aliphatic rings. The molecule has 0 radical (unpaired) electrons. The van der Waals surface area contributed by atoms with E-state index in [0.717, 1.165) is 11.1 Å². The van der Waals surface area contributed by atoms with Crippen molar-refractivity contribution in [3.63, 3.8) is 0 Å². The summed E-state index contributed by atoms with van der Waals surface area (Å²) < 4.78 is 12.9. The maximum atomic E-state index is 12.9. The van der Waals surface area contributed by atoms with Crippen LogP contribution in [-0.4, -0.2) is 10.9 Å². The van der Waals surface area contributed by atoms with Crippen LogP contribution in [0.15, 0.2) is 67.0 Å². The standard InChI is InChI=1S/C20H17ClFN3O/c21-19-4-2-1-3-15(19)12-25-20(26)16-9-18(13-23-11-16)24-10-14-5-7-17(22)8-6-14/h1-9,11,13,24H,10,12H2,(H,25,26). The van der Waals surface area contributed by atoms with Crippen LogP contribution in [0.4, 0.5) is 10.1 Å². The Labute approximate surface area is 156 Å². The number of nitrogens with one attached hydrogen (secondary N) is 2. The first-order chi connectivity index (χ1) is 12.6. The van der Waals surface area contributed by atoms with Crippen molar-refractivity contribution in [1.82, 2.24) is 10.3 Å². The number of carbonyl (C=O) groups is 1. The van der Waals surface area contributed by atoms with Crippen molar-refractivity contribution in [1.29, 1.82) is 0 Å². The van der Waals surface area contributed by atoms with Gasteiger partial charge in [0.1, 0.15) is 5.82 Å². The normalized spacial score (nSPS) is 10.4. The molecular weight excluding hydrogens is 353 g/mol. The second kappa shape index (κ2) is 8.45. The third-order valence-corrected chi connectivity index (χ3v) is 4.18. The molecule has 0 atom stereocenters. The lowest BCUT2D eigenvalue weighted by Crippen LogP contribution is -2.23. The largest absolute Gasteiger partial charge is 0.380 e. The van der Waals surface area contributed by atoms with Gasteiger partial charge in [-0.2, -0.15) is 0 Å². The number of pyridine rings is 1. The number of nitrogens with zero attached hydrogens (tertiary/aromatic N) is 1. The average Bonchev–Trinajstić information content (AvgIpc) is 2.67. The van der Waals surface area contributed by atoms with Crippen LogP contribution in [0.3, 0.4) is 0 Å². The van der Waals surface area contributed by atoms with E-state index in [0.29, 0.717) is 29.4 Å². The highest BCUT2D eigenvalue weighted by atomic mass is 35.5. The molecule has 26 heavy (non-hydrogen) atoms. The molecule has 4 nitrogen and oxygen atoms in total. The van der Waals surface area contributed by atoms with Crippen LogP contribution < -0.4 is 10.6 Å². The maximum Gasteiger partial charge on any atom is 0.253 e. The van der Waals surface area contributed by atoms with Gasteiger partial charge >= 0.3 is 0 Å². The monoisotopic (exact) mass is 369 g/mol.